The van der Waals surface area contributed by atoms with Gasteiger partial charge in [-0.15, -0.1) is 0 Å². The van der Waals surface area contributed by atoms with Crippen LogP contribution in [0.4, 0.5) is 0 Å². The highest BCUT2D eigenvalue weighted by Crippen LogP contribution is 2.24. The number of carbonyl (C=O) groups is 8. The van der Waals surface area contributed by atoms with Gasteiger partial charge >= 0.3 is 5.97 Å². The zero-order chi connectivity index (χ0) is 76.5. The standard InChI is InChI=1S/C67H124N10O27/c68-55-61(93)58(90)44(38-78)102-64(55)99-32-12-9-18-47(81)71-26-15-29-74-50(84)23-35-96-41-67(77-53(87)21-7-5-3-1-2-4-6-8-22-54(88)89,42-97-36-24-51(85)75-30-16-27-72-48(82)19-10-13-33-100-65-56(69)62(94)59(91)45(39-79)103-65)43-98-37-25-52(86)76-31-17-28-73-49(83)20-11-14-34-101-66-57(70)63(95)60(92)46(40-80)104-66/h44-46,55-66,78-80,90-95H,1-43,68-70H2,(H,71,81)(H,72,82)(H,73,83)(H,74,84)(H,75,85)(H,76,86)(H,77,87)(H,88,89). The van der Waals surface area contributed by atoms with E-state index in [-0.39, 0.29) is 191 Å². The lowest BCUT2D eigenvalue weighted by molar-refractivity contribution is -0.265. The number of carbonyl (C=O) groups excluding carboxylic acids is 7. The molecular weight excluding hydrogens is 1380 g/mol. The van der Waals surface area contributed by atoms with E-state index >= 15 is 0 Å². The van der Waals surface area contributed by atoms with Crippen molar-refractivity contribution >= 4 is 47.3 Å². The Bertz CT molecular complexity index is 2180. The highest BCUT2D eigenvalue weighted by molar-refractivity contribution is 5.78. The van der Waals surface area contributed by atoms with Gasteiger partial charge in [-0.05, 0) is 70.6 Å². The van der Waals surface area contributed by atoms with Gasteiger partial charge in [0.2, 0.25) is 41.4 Å². The molecule has 3 saturated heterocycles. The molecule has 0 aromatic rings. The van der Waals surface area contributed by atoms with Crippen LogP contribution in [0.2, 0.25) is 0 Å². The number of nitrogens with two attached hydrogens (primary N) is 3. The number of aliphatic carboxylic acids is 1. The van der Waals surface area contributed by atoms with Gasteiger partial charge in [0.05, 0.1) is 77.6 Å². The average Bonchev–Trinajstić information content (AvgIpc) is 0.829. The fourth-order valence-electron chi connectivity index (χ4n) is 11.2. The molecule has 604 valence electrons. The molecule has 15 atom stereocenters. The Kier molecular flexibility index (Phi) is 49.6. The molecule has 15 unspecified atom stereocenters. The van der Waals surface area contributed by atoms with E-state index in [9.17, 15) is 84.3 Å². The van der Waals surface area contributed by atoms with Gasteiger partial charge in [0.1, 0.15) is 60.5 Å². The minimum Gasteiger partial charge on any atom is -0.481 e. The summed E-state index contributed by atoms with van der Waals surface area (Å²) in [6.45, 7) is -0.594. The van der Waals surface area contributed by atoms with Crippen LogP contribution < -0.4 is 54.4 Å². The van der Waals surface area contributed by atoms with Crippen LogP contribution in [0, 0.1) is 0 Å². The number of amides is 7. The molecule has 0 bridgehead atoms. The van der Waals surface area contributed by atoms with Crippen molar-refractivity contribution in [1.82, 2.24) is 37.2 Å². The molecule has 0 aromatic carbocycles. The van der Waals surface area contributed by atoms with Gasteiger partial charge in [-0.3, -0.25) is 38.4 Å². The smallest absolute Gasteiger partial charge is 0.303 e. The molecule has 0 spiro atoms. The van der Waals surface area contributed by atoms with Gasteiger partial charge in [-0.2, -0.15) is 0 Å². The van der Waals surface area contributed by atoms with Crippen molar-refractivity contribution in [2.24, 2.45) is 17.2 Å². The van der Waals surface area contributed by atoms with Crippen LogP contribution in [0.15, 0.2) is 0 Å². The molecule has 7 amide bonds. The topological polar surface area (TPSA) is 584 Å². The molecule has 3 rings (SSSR count). The van der Waals surface area contributed by atoms with Gasteiger partial charge in [0.15, 0.2) is 18.9 Å². The van der Waals surface area contributed by atoms with Gasteiger partial charge < -0.3 is 148 Å². The third-order valence-electron chi connectivity index (χ3n) is 17.5. The largest absolute Gasteiger partial charge is 0.481 e. The fraction of sp³-hybridized carbons (Fsp3) is 0.881. The molecule has 104 heavy (non-hydrogen) atoms. The van der Waals surface area contributed by atoms with Crippen LogP contribution in [0.1, 0.15) is 161 Å². The summed E-state index contributed by atoms with van der Waals surface area (Å²) in [7, 11) is 0. The molecule has 3 aliphatic heterocycles. The SMILES string of the molecule is NC1C(OCCCCC(=O)NCCCNC(=O)CCOCC(COCCC(=O)NCCCNC(=O)CCCCOC2OC(CO)C(O)C(O)C2N)(COCCC(=O)NCCCNC(=O)CCCCOC2OC(CO)C(O)C(O)C2N)NC(=O)CCCCCCCCCCC(=O)O)OC(CO)C(O)C1O. The van der Waals surface area contributed by atoms with E-state index in [2.05, 4.69) is 37.2 Å². The van der Waals surface area contributed by atoms with Crippen LogP contribution in [0.25, 0.3) is 0 Å². The molecule has 37 nitrogen and oxygen atoms in total. The molecule has 3 heterocycles. The first-order valence-corrected chi connectivity index (χ1v) is 36.8. The monoisotopic (exact) mass is 1500 g/mol. The van der Waals surface area contributed by atoms with Crippen LogP contribution in [-0.4, -0.2) is 314 Å². The molecule has 0 aromatic heterocycles. The summed E-state index contributed by atoms with van der Waals surface area (Å²) in [5, 5.41) is 117. The Morgan fingerprint density at radius 3 is 0.846 bits per heavy atom. The number of ether oxygens (including phenoxy) is 9. The quantitative estimate of drug-likeness (QED) is 0.0253. The van der Waals surface area contributed by atoms with Crippen molar-refractivity contribution in [3.05, 3.63) is 0 Å². The first kappa shape index (κ1) is 93.1. The Morgan fingerprint density at radius 2 is 0.567 bits per heavy atom. The van der Waals surface area contributed by atoms with Crippen molar-refractivity contribution in [1.29, 1.82) is 0 Å². The number of carboxylic acids is 1. The van der Waals surface area contributed by atoms with Gasteiger partial charge in [-0.1, -0.05) is 38.5 Å². The Hall–Kier alpha value is -5.08. The van der Waals surface area contributed by atoms with E-state index in [1.165, 1.54) is 0 Å². The number of hydrogen-bond donors (Lipinski definition) is 20. The number of aliphatic hydroxyl groups is 9. The Morgan fingerprint density at radius 1 is 0.317 bits per heavy atom. The van der Waals surface area contributed by atoms with Crippen LogP contribution in [0.3, 0.4) is 0 Å². The molecule has 0 saturated carbocycles. The van der Waals surface area contributed by atoms with E-state index in [0.29, 0.717) is 70.6 Å². The van der Waals surface area contributed by atoms with Crippen molar-refractivity contribution < 1.29 is 132 Å². The molecule has 23 N–H and O–H groups in total. The molecule has 3 fully saturated rings. The van der Waals surface area contributed by atoms with Crippen LogP contribution >= 0.6 is 0 Å². The minimum atomic E-state index is -1.39. The summed E-state index contributed by atoms with van der Waals surface area (Å²) in [4.78, 5) is 101. The predicted octanol–water partition coefficient (Wildman–Crippen LogP) is -5.23. The summed E-state index contributed by atoms with van der Waals surface area (Å²) in [5.74, 6) is -2.89. The lowest BCUT2D eigenvalue weighted by Gasteiger charge is -2.40. The molecule has 0 aliphatic carbocycles. The normalized spacial score (nSPS) is 25.3. The van der Waals surface area contributed by atoms with E-state index in [1.807, 2.05) is 0 Å². The van der Waals surface area contributed by atoms with E-state index in [4.69, 9.17) is 64.9 Å². The number of nitrogens with one attached hydrogen (secondary N) is 7. The number of rotatable bonds is 60. The second-order valence-corrected chi connectivity index (χ2v) is 26.5. The highest BCUT2D eigenvalue weighted by atomic mass is 16.7. The lowest BCUT2D eigenvalue weighted by atomic mass is 9.98. The van der Waals surface area contributed by atoms with E-state index < -0.39 is 123 Å². The maximum absolute atomic E-state index is 13.8. The van der Waals surface area contributed by atoms with Gasteiger partial charge in [0.25, 0.3) is 0 Å². The van der Waals surface area contributed by atoms with Gasteiger partial charge in [-0.25, -0.2) is 0 Å². The number of hydrogen-bond acceptors (Lipinski definition) is 29. The van der Waals surface area contributed by atoms with Crippen molar-refractivity contribution in [2.75, 3.05) is 119 Å². The van der Waals surface area contributed by atoms with Gasteiger partial charge in [0, 0.05) is 110 Å². The zero-order valence-corrected chi connectivity index (χ0v) is 60.2. The third kappa shape index (κ3) is 39.2. The number of unbranched alkanes of at least 4 members (excludes halogenated alkanes) is 10. The van der Waals surface area contributed by atoms with E-state index in [0.717, 1.165) is 38.5 Å². The maximum Gasteiger partial charge on any atom is 0.303 e. The lowest BCUT2D eigenvalue weighted by Crippen LogP contribution is -2.62. The molecule has 0 radical (unpaired) electrons. The second kappa shape index (κ2) is 55.3. The average molecular weight is 1500 g/mol. The predicted molar refractivity (Wildman–Crippen MR) is 370 cm³/mol. The van der Waals surface area contributed by atoms with Crippen molar-refractivity contribution in [2.45, 2.75) is 258 Å². The minimum absolute atomic E-state index is 0.0867. The zero-order valence-electron chi connectivity index (χ0n) is 60.2. The van der Waals surface area contributed by atoms with Crippen LogP contribution in [0.5, 0.6) is 0 Å². The second-order valence-electron chi connectivity index (χ2n) is 26.5. The first-order valence-electron chi connectivity index (χ1n) is 36.8. The van der Waals surface area contributed by atoms with Crippen molar-refractivity contribution in [3.8, 4) is 0 Å². The summed E-state index contributed by atoms with van der Waals surface area (Å²) in [6, 6.07) is -3.10. The molecule has 3 aliphatic rings. The summed E-state index contributed by atoms with van der Waals surface area (Å²) in [5.41, 5.74) is 16.3. The van der Waals surface area contributed by atoms with Crippen LogP contribution in [-0.2, 0) is 81.0 Å². The highest BCUT2D eigenvalue weighted by Gasteiger charge is 2.45. The first-order chi connectivity index (χ1) is 50.0. The Labute approximate surface area is 608 Å². The fourth-order valence-corrected chi connectivity index (χ4v) is 11.2. The molecule has 37 heteroatoms. The Balaban J connectivity index is 1.51. The summed E-state index contributed by atoms with van der Waals surface area (Å²) >= 11 is 0. The molecular formula is C67H124N10O27. The summed E-state index contributed by atoms with van der Waals surface area (Å²) in [6.07, 6.45) is -3.53. The van der Waals surface area contributed by atoms with Crippen molar-refractivity contribution in [3.63, 3.8) is 0 Å². The third-order valence-corrected chi connectivity index (χ3v) is 17.5. The number of aliphatic hydroxyl groups excluding tert-OH is 9. The maximum atomic E-state index is 13.8. The summed E-state index contributed by atoms with van der Waals surface area (Å²) < 4.78 is 51.3. The van der Waals surface area contributed by atoms with E-state index in [1.54, 1.807) is 0 Å². The number of carboxylic acid groups (broad SMARTS) is 1.